The van der Waals surface area contributed by atoms with Gasteiger partial charge in [0.15, 0.2) is 9.84 Å². The average molecular weight is 233 g/mol. The summed E-state index contributed by atoms with van der Waals surface area (Å²) < 4.78 is 22.8. The highest BCUT2D eigenvalue weighted by Crippen LogP contribution is 2.25. The second-order valence-corrected chi connectivity index (χ2v) is 6.86. The van der Waals surface area contributed by atoms with E-state index in [0.717, 1.165) is 32.2 Å². The minimum atomic E-state index is -2.80. The summed E-state index contributed by atoms with van der Waals surface area (Å²) in [5.74, 6) is 0.621. The predicted molar refractivity (Wildman–Crippen MR) is 58.5 cm³/mol. The van der Waals surface area contributed by atoms with Gasteiger partial charge in [0.1, 0.15) is 0 Å². The summed E-state index contributed by atoms with van der Waals surface area (Å²) in [6.45, 7) is 1.11. The molecule has 1 N–H and O–H groups in total. The summed E-state index contributed by atoms with van der Waals surface area (Å²) in [4.78, 5) is 2.22. The third kappa shape index (κ3) is 2.52. The van der Waals surface area contributed by atoms with Crippen molar-refractivity contribution in [2.75, 3.05) is 24.7 Å². The Morgan fingerprint density at radius 2 is 2.07 bits per heavy atom. The van der Waals surface area contributed by atoms with E-state index >= 15 is 0 Å². The topological polar surface area (TPSA) is 57.6 Å². The number of sulfone groups is 1. The van der Waals surface area contributed by atoms with Gasteiger partial charge in [-0.25, -0.2) is 8.42 Å². The summed E-state index contributed by atoms with van der Waals surface area (Å²) >= 11 is 0. The summed E-state index contributed by atoms with van der Waals surface area (Å²) in [5, 5.41) is 9.26. The maximum atomic E-state index is 11.4. The fraction of sp³-hybridized carbons (Fsp3) is 1.00. The Labute approximate surface area is 91.2 Å². The Balaban J connectivity index is 2.03. The van der Waals surface area contributed by atoms with Gasteiger partial charge in [-0.3, -0.25) is 4.90 Å². The van der Waals surface area contributed by atoms with Gasteiger partial charge in [-0.15, -0.1) is 0 Å². The number of aliphatic hydroxyl groups excluding tert-OH is 1. The molecule has 2 rings (SSSR count). The van der Waals surface area contributed by atoms with Crippen LogP contribution < -0.4 is 0 Å². The fourth-order valence-electron chi connectivity index (χ4n) is 2.74. The summed E-state index contributed by atoms with van der Waals surface area (Å²) in [6, 6.07) is 0.351. The normalized spacial score (nSPS) is 36.9. The number of likely N-dealkylation sites (tertiary alicyclic amines) is 1. The average Bonchev–Trinajstić information content (AvgIpc) is 2.59. The molecule has 5 heteroatoms. The van der Waals surface area contributed by atoms with Crippen LogP contribution in [0.1, 0.15) is 25.7 Å². The Hall–Kier alpha value is -0.130. The van der Waals surface area contributed by atoms with Crippen molar-refractivity contribution in [3.05, 3.63) is 0 Å². The molecule has 88 valence electrons. The summed E-state index contributed by atoms with van der Waals surface area (Å²) in [7, 11) is -2.80. The molecule has 0 radical (unpaired) electrons. The highest BCUT2D eigenvalue weighted by Gasteiger charge is 2.36. The van der Waals surface area contributed by atoms with E-state index < -0.39 is 9.84 Å². The van der Waals surface area contributed by atoms with Gasteiger partial charge in [0.25, 0.3) is 0 Å². The molecule has 15 heavy (non-hydrogen) atoms. The number of rotatable bonds is 2. The first-order chi connectivity index (χ1) is 7.12. The van der Waals surface area contributed by atoms with Gasteiger partial charge >= 0.3 is 0 Å². The van der Waals surface area contributed by atoms with Crippen molar-refractivity contribution >= 4 is 9.84 Å². The molecule has 0 spiro atoms. The molecular weight excluding hydrogens is 214 g/mol. The maximum Gasteiger partial charge on any atom is 0.151 e. The molecule has 2 unspecified atom stereocenters. The lowest BCUT2D eigenvalue weighted by Crippen LogP contribution is -2.48. The molecule has 0 bridgehead atoms. The zero-order valence-electron chi connectivity index (χ0n) is 8.93. The molecule has 2 aliphatic rings. The van der Waals surface area contributed by atoms with Crippen molar-refractivity contribution in [3.63, 3.8) is 0 Å². The van der Waals surface area contributed by atoms with Crippen molar-refractivity contribution in [2.45, 2.75) is 37.8 Å². The lowest BCUT2D eigenvalue weighted by molar-refractivity contribution is 0.0615. The quantitative estimate of drug-likeness (QED) is 0.730. The highest BCUT2D eigenvalue weighted by molar-refractivity contribution is 7.91. The van der Waals surface area contributed by atoms with Gasteiger partial charge in [-0.05, 0) is 25.8 Å². The SMILES string of the molecule is O=S1(=O)CCC(N2CCCCC2CO)C1. The van der Waals surface area contributed by atoms with E-state index in [1.165, 1.54) is 0 Å². The van der Waals surface area contributed by atoms with E-state index in [9.17, 15) is 13.5 Å². The van der Waals surface area contributed by atoms with Gasteiger partial charge in [0.05, 0.1) is 18.1 Å². The molecule has 0 aliphatic carbocycles. The molecule has 2 atom stereocenters. The molecule has 4 nitrogen and oxygen atoms in total. The van der Waals surface area contributed by atoms with Crippen LogP contribution in [0.2, 0.25) is 0 Å². The molecule has 0 amide bonds. The van der Waals surface area contributed by atoms with E-state index in [4.69, 9.17) is 0 Å². The Morgan fingerprint density at radius 3 is 2.67 bits per heavy atom. The smallest absolute Gasteiger partial charge is 0.151 e. The molecule has 2 aliphatic heterocycles. The molecule has 0 aromatic carbocycles. The van der Waals surface area contributed by atoms with E-state index in [0.29, 0.717) is 11.5 Å². The summed E-state index contributed by atoms with van der Waals surface area (Å²) in [6.07, 6.45) is 4.04. The lowest BCUT2D eigenvalue weighted by atomic mass is 10.00. The number of aliphatic hydroxyl groups is 1. The van der Waals surface area contributed by atoms with Crippen LogP contribution in [0.15, 0.2) is 0 Å². The minimum absolute atomic E-state index is 0.160. The first-order valence-corrected chi connectivity index (χ1v) is 7.51. The molecule has 0 aromatic heterocycles. The molecule has 2 saturated heterocycles. The Bertz CT molecular complexity index is 315. The van der Waals surface area contributed by atoms with Crippen LogP contribution in [0.5, 0.6) is 0 Å². The standard InChI is InChI=1S/C10H19NO3S/c12-7-9-3-1-2-5-11(9)10-4-6-15(13,14)8-10/h9-10,12H,1-8H2. The minimum Gasteiger partial charge on any atom is -0.395 e. The van der Waals surface area contributed by atoms with Crippen molar-refractivity contribution in [3.8, 4) is 0 Å². The second-order valence-electron chi connectivity index (χ2n) is 4.63. The van der Waals surface area contributed by atoms with Gasteiger partial charge in [0.2, 0.25) is 0 Å². The third-order valence-electron chi connectivity index (χ3n) is 3.56. The predicted octanol–water partition coefficient (Wildman–Crippen LogP) is 0.0203. The molecule has 0 aromatic rings. The van der Waals surface area contributed by atoms with Crippen LogP contribution in [0.4, 0.5) is 0 Å². The van der Waals surface area contributed by atoms with Gasteiger partial charge in [0, 0.05) is 12.1 Å². The molecule has 2 fully saturated rings. The number of nitrogens with zero attached hydrogens (tertiary/aromatic N) is 1. The van der Waals surface area contributed by atoms with Gasteiger partial charge in [-0.1, -0.05) is 6.42 Å². The maximum absolute atomic E-state index is 11.4. The van der Waals surface area contributed by atoms with Crippen molar-refractivity contribution in [1.29, 1.82) is 0 Å². The van der Waals surface area contributed by atoms with Crippen molar-refractivity contribution in [1.82, 2.24) is 4.90 Å². The zero-order chi connectivity index (χ0) is 10.9. The van der Waals surface area contributed by atoms with Crippen LogP contribution in [0.25, 0.3) is 0 Å². The molecule has 0 saturated carbocycles. The van der Waals surface area contributed by atoms with Crippen LogP contribution in [-0.4, -0.2) is 55.2 Å². The van der Waals surface area contributed by atoms with Crippen LogP contribution in [0.3, 0.4) is 0 Å². The Morgan fingerprint density at radius 1 is 1.27 bits per heavy atom. The van der Waals surface area contributed by atoms with Crippen molar-refractivity contribution in [2.24, 2.45) is 0 Å². The van der Waals surface area contributed by atoms with E-state index in [1.54, 1.807) is 0 Å². The first kappa shape index (κ1) is 11.4. The van der Waals surface area contributed by atoms with Gasteiger partial charge < -0.3 is 5.11 Å². The first-order valence-electron chi connectivity index (χ1n) is 5.69. The van der Waals surface area contributed by atoms with Gasteiger partial charge in [-0.2, -0.15) is 0 Å². The van der Waals surface area contributed by atoms with Crippen LogP contribution >= 0.6 is 0 Å². The zero-order valence-corrected chi connectivity index (χ0v) is 9.75. The number of hydrogen-bond donors (Lipinski definition) is 1. The van der Waals surface area contributed by atoms with E-state index in [1.807, 2.05) is 0 Å². The second kappa shape index (κ2) is 4.39. The van der Waals surface area contributed by atoms with E-state index in [2.05, 4.69) is 4.90 Å². The van der Waals surface area contributed by atoms with Crippen LogP contribution in [0, 0.1) is 0 Å². The molecular formula is C10H19NO3S. The Kier molecular flexibility index (Phi) is 3.33. The summed E-state index contributed by atoms with van der Waals surface area (Å²) in [5.41, 5.74) is 0. The largest absolute Gasteiger partial charge is 0.395 e. The lowest BCUT2D eigenvalue weighted by Gasteiger charge is -2.38. The molecule has 2 heterocycles. The third-order valence-corrected chi connectivity index (χ3v) is 5.31. The highest BCUT2D eigenvalue weighted by atomic mass is 32.2. The van der Waals surface area contributed by atoms with Crippen LogP contribution in [-0.2, 0) is 9.84 Å². The van der Waals surface area contributed by atoms with Crippen molar-refractivity contribution < 1.29 is 13.5 Å². The monoisotopic (exact) mass is 233 g/mol. The van der Waals surface area contributed by atoms with E-state index in [-0.39, 0.29) is 18.7 Å². The fourth-order valence-corrected chi connectivity index (χ4v) is 4.48. The number of piperidine rings is 1. The number of hydrogen-bond acceptors (Lipinski definition) is 4.